The average Bonchev–Trinajstić information content (AvgIpc) is 2.88. The van der Waals surface area contributed by atoms with Crippen molar-refractivity contribution >= 4 is 38.9 Å². The van der Waals surface area contributed by atoms with Gasteiger partial charge in [0.25, 0.3) is 0 Å². The zero-order valence-corrected chi connectivity index (χ0v) is 20.0. The highest BCUT2D eigenvalue weighted by atomic mass is 79.9. The molecule has 3 nitrogen and oxygen atoms in total. The van der Waals surface area contributed by atoms with E-state index in [9.17, 15) is 9.90 Å². The van der Waals surface area contributed by atoms with Crippen LogP contribution in [0.3, 0.4) is 0 Å². The number of ether oxygens (including phenoxy) is 1. The maximum absolute atomic E-state index is 13.5. The van der Waals surface area contributed by atoms with E-state index in [2.05, 4.69) is 43.6 Å². The molecule has 2 aliphatic rings. The number of rotatable bonds is 4. The molecular weight excluding hydrogens is 464 g/mol. The van der Waals surface area contributed by atoms with Gasteiger partial charge in [0.05, 0.1) is 10.6 Å². The third-order valence-corrected chi connectivity index (χ3v) is 8.64. The number of aryl methyl sites for hydroxylation is 1. The molecule has 2 bridgehead atoms. The minimum absolute atomic E-state index is 0.0472. The molecule has 30 heavy (non-hydrogen) atoms. The Morgan fingerprint density at radius 1 is 1.17 bits per heavy atom. The average molecular weight is 490 g/mol. The molecule has 2 aliphatic carbocycles. The molecular formula is C25H26BrClO3. The first kappa shape index (κ1) is 21.5. The summed E-state index contributed by atoms with van der Waals surface area (Å²) in [6, 6.07) is 11.1. The highest BCUT2D eigenvalue weighted by Crippen LogP contribution is 2.64. The minimum Gasteiger partial charge on any atom is -0.511 e. The number of benzene rings is 2. The lowest BCUT2D eigenvalue weighted by Gasteiger charge is -2.45. The predicted octanol–water partition coefficient (Wildman–Crippen LogP) is 7.75. The van der Waals surface area contributed by atoms with Crippen molar-refractivity contribution in [2.24, 2.45) is 16.7 Å². The van der Waals surface area contributed by atoms with E-state index in [1.54, 1.807) is 6.07 Å². The van der Waals surface area contributed by atoms with Crippen molar-refractivity contribution in [3.05, 3.63) is 62.8 Å². The van der Waals surface area contributed by atoms with Crippen LogP contribution in [-0.2, 0) is 11.2 Å². The van der Waals surface area contributed by atoms with Gasteiger partial charge in [-0.3, -0.25) is 4.79 Å². The Kier molecular flexibility index (Phi) is 5.31. The molecule has 2 atom stereocenters. The number of carbonyl (C=O) groups is 1. The lowest BCUT2D eigenvalue weighted by atomic mass is 9.58. The molecule has 2 aromatic carbocycles. The topological polar surface area (TPSA) is 46.5 Å². The number of aliphatic hydroxyl groups is 1. The molecule has 1 N–H and O–H groups in total. The second-order valence-corrected chi connectivity index (χ2v) is 10.3. The summed E-state index contributed by atoms with van der Waals surface area (Å²) in [5.74, 6) is 1.42. The van der Waals surface area contributed by atoms with Crippen molar-refractivity contribution in [1.29, 1.82) is 0 Å². The van der Waals surface area contributed by atoms with Crippen molar-refractivity contribution in [1.82, 2.24) is 0 Å². The third kappa shape index (κ3) is 3.11. The lowest BCUT2D eigenvalue weighted by Crippen LogP contribution is -2.43. The third-order valence-electron chi connectivity index (χ3n) is 7.41. The second-order valence-electron chi connectivity index (χ2n) is 9.08. The van der Waals surface area contributed by atoms with Crippen molar-refractivity contribution in [3.63, 3.8) is 0 Å². The summed E-state index contributed by atoms with van der Waals surface area (Å²) in [7, 11) is 0. The minimum atomic E-state index is -0.401. The molecule has 1 fully saturated rings. The van der Waals surface area contributed by atoms with Crippen LogP contribution >= 0.6 is 27.5 Å². The standard InChI is InChI=1S/C25H26BrClO3/c1-5-14-6-7-15(30-16-8-9-19(26)20(27)13-16)12-17(14)21-22(28)18-10-11-25(4,23(21)29)24(18,2)3/h6-9,12-13,18,29H,5,10-11H2,1-4H3/t18-,25-/m1/s1. The first-order valence-electron chi connectivity index (χ1n) is 10.3. The van der Waals surface area contributed by atoms with Gasteiger partial charge >= 0.3 is 0 Å². The summed E-state index contributed by atoms with van der Waals surface area (Å²) in [6.45, 7) is 8.35. The van der Waals surface area contributed by atoms with Crippen LogP contribution in [-0.4, -0.2) is 10.9 Å². The van der Waals surface area contributed by atoms with Gasteiger partial charge in [-0.1, -0.05) is 45.4 Å². The Morgan fingerprint density at radius 3 is 2.50 bits per heavy atom. The number of ketones is 1. The van der Waals surface area contributed by atoms with Crippen LogP contribution < -0.4 is 4.74 Å². The largest absolute Gasteiger partial charge is 0.511 e. The molecule has 5 heteroatoms. The molecule has 0 spiro atoms. The molecule has 158 valence electrons. The van der Waals surface area contributed by atoms with Gasteiger partial charge < -0.3 is 9.84 Å². The van der Waals surface area contributed by atoms with Crippen LogP contribution in [0, 0.1) is 16.7 Å². The Hall–Kier alpha value is -1.78. The number of allylic oxidation sites excluding steroid dienone is 2. The van der Waals surface area contributed by atoms with E-state index in [4.69, 9.17) is 16.3 Å². The lowest BCUT2D eigenvalue weighted by molar-refractivity contribution is -0.122. The highest BCUT2D eigenvalue weighted by molar-refractivity contribution is 9.10. The van der Waals surface area contributed by atoms with Gasteiger partial charge in [0.1, 0.15) is 17.3 Å². The molecule has 0 saturated heterocycles. The van der Waals surface area contributed by atoms with E-state index in [1.807, 2.05) is 30.3 Å². The molecule has 0 unspecified atom stereocenters. The number of hydrogen-bond acceptors (Lipinski definition) is 3. The molecule has 2 aromatic rings. The maximum Gasteiger partial charge on any atom is 0.170 e. The van der Waals surface area contributed by atoms with Crippen LogP contribution in [0.4, 0.5) is 0 Å². The monoisotopic (exact) mass is 488 g/mol. The molecule has 0 heterocycles. The van der Waals surface area contributed by atoms with Crippen molar-refractivity contribution < 1.29 is 14.6 Å². The second kappa shape index (κ2) is 7.42. The highest BCUT2D eigenvalue weighted by Gasteiger charge is 2.61. The van der Waals surface area contributed by atoms with E-state index in [0.717, 1.165) is 34.9 Å². The molecule has 0 amide bonds. The first-order valence-corrected chi connectivity index (χ1v) is 11.5. The summed E-state index contributed by atoms with van der Waals surface area (Å²) in [6.07, 6.45) is 2.39. The summed E-state index contributed by atoms with van der Waals surface area (Å²) in [4.78, 5) is 13.5. The van der Waals surface area contributed by atoms with Gasteiger partial charge in [-0.15, -0.1) is 0 Å². The molecule has 0 aliphatic heterocycles. The summed E-state index contributed by atoms with van der Waals surface area (Å²) >= 11 is 9.57. The molecule has 4 rings (SSSR count). The van der Waals surface area contributed by atoms with E-state index >= 15 is 0 Å². The molecule has 0 radical (unpaired) electrons. The fourth-order valence-corrected chi connectivity index (χ4v) is 5.46. The van der Waals surface area contributed by atoms with Gasteiger partial charge in [-0.2, -0.15) is 0 Å². The Morgan fingerprint density at radius 2 is 1.83 bits per heavy atom. The van der Waals surface area contributed by atoms with Crippen LogP contribution in [0.5, 0.6) is 11.5 Å². The van der Waals surface area contributed by atoms with Gasteiger partial charge in [0, 0.05) is 21.9 Å². The summed E-state index contributed by atoms with van der Waals surface area (Å²) in [5, 5.41) is 11.9. The molecule has 1 saturated carbocycles. The fourth-order valence-electron chi connectivity index (χ4n) is 5.05. The Bertz CT molecular complexity index is 1070. The first-order chi connectivity index (χ1) is 14.1. The van der Waals surface area contributed by atoms with E-state index in [1.165, 1.54) is 0 Å². The van der Waals surface area contributed by atoms with Gasteiger partial charge in [-0.05, 0) is 76.0 Å². The van der Waals surface area contributed by atoms with Gasteiger partial charge in [0.15, 0.2) is 5.78 Å². The van der Waals surface area contributed by atoms with Crippen molar-refractivity contribution in [2.45, 2.75) is 47.0 Å². The quantitative estimate of drug-likeness (QED) is 0.477. The van der Waals surface area contributed by atoms with Crippen molar-refractivity contribution in [2.75, 3.05) is 0 Å². The summed E-state index contributed by atoms with van der Waals surface area (Å²) in [5.41, 5.74) is 1.60. The summed E-state index contributed by atoms with van der Waals surface area (Å²) < 4.78 is 6.83. The van der Waals surface area contributed by atoms with Gasteiger partial charge in [0.2, 0.25) is 0 Å². The SMILES string of the molecule is CCc1ccc(Oc2ccc(Br)c(Cl)c2)cc1C1=C(O)[C@@]2(C)CC[C@H](C1=O)C2(C)C. The fraction of sp³-hybridized carbons (Fsp3) is 0.400. The van der Waals surface area contributed by atoms with Crippen molar-refractivity contribution in [3.8, 4) is 11.5 Å². The number of aliphatic hydroxyl groups excluding tert-OH is 1. The van der Waals surface area contributed by atoms with E-state index in [0.29, 0.717) is 22.1 Å². The normalized spacial score (nSPS) is 25.0. The Balaban J connectivity index is 1.81. The van der Waals surface area contributed by atoms with Crippen LogP contribution in [0.1, 0.15) is 51.7 Å². The Labute approximate surface area is 191 Å². The van der Waals surface area contributed by atoms with Gasteiger partial charge in [-0.25, -0.2) is 0 Å². The zero-order valence-electron chi connectivity index (χ0n) is 17.7. The number of carbonyl (C=O) groups excluding carboxylic acids is 1. The molecule has 0 aromatic heterocycles. The predicted molar refractivity (Wildman–Crippen MR) is 124 cm³/mol. The number of fused-ring (bicyclic) bond motifs is 2. The van der Waals surface area contributed by atoms with E-state index in [-0.39, 0.29) is 22.9 Å². The number of halogens is 2. The van der Waals surface area contributed by atoms with Crippen LogP contribution in [0.15, 0.2) is 46.6 Å². The number of Topliss-reactive ketones (excluding diaryl/α,β-unsaturated/α-hetero) is 1. The maximum atomic E-state index is 13.5. The van der Waals surface area contributed by atoms with Crippen LogP contribution in [0.2, 0.25) is 5.02 Å². The zero-order chi connectivity index (χ0) is 21.8. The van der Waals surface area contributed by atoms with E-state index < -0.39 is 5.41 Å². The number of hydrogen-bond donors (Lipinski definition) is 1. The van der Waals surface area contributed by atoms with Crippen LogP contribution in [0.25, 0.3) is 5.57 Å². The smallest absolute Gasteiger partial charge is 0.170 e.